The van der Waals surface area contributed by atoms with Crippen LogP contribution in [-0.4, -0.2) is 49.6 Å². The number of aromatic nitrogens is 2. The molecule has 4 aromatic rings. The van der Waals surface area contributed by atoms with Crippen molar-refractivity contribution >= 4 is 28.8 Å². The number of hydrogen-bond donors (Lipinski definition) is 3. The number of carbonyl (C=O) groups is 2. The molecule has 1 heterocycles. The smallest absolute Gasteiger partial charge is 0.272 e. The predicted octanol–water partition coefficient (Wildman–Crippen LogP) is 2.57. The third-order valence-electron chi connectivity index (χ3n) is 5.65. The van der Waals surface area contributed by atoms with Gasteiger partial charge >= 0.3 is 0 Å². The number of nitrogens with one attached hydrogen (secondary N) is 3. The number of methoxy groups -OCH3 is 3. The normalized spacial score (nSPS) is 11.7. The molecule has 11 nitrogen and oxygen atoms in total. The standard InChI is InChI=1S/C27H25N5O6/c1-36-20-13-16(14-21(37-2)24(20)38-3)15-28-31-27(35)23(29-25(33)17-9-5-4-6-10-17)22-18-11-7-8-12-19(18)26(34)32-30-22/h4-15,23H,1-3H3,(H,29,33)(H,31,35)(H,32,34)/b28-15+/t23-/m0/s1. The molecule has 0 aliphatic rings. The number of amides is 2. The summed E-state index contributed by atoms with van der Waals surface area (Å²) >= 11 is 0. The zero-order valence-electron chi connectivity index (χ0n) is 20.8. The number of H-pyrrole nitrogens is 1. The summed E-state index contributed by atoms with van der Waals surface area (Å²) in [7, 11) is 4.47. The Balaban J connectivity index is 1.66. The minimum atomic E-state index is -1.28. The summed E-state index contributed by atoms with van der Waals surface area (Å²) in [4.78, 5) is 38.6. The van der Waals surface area contributed by atoms with Crippen molar-refractivity contribution in [1.29, 1.82) is 0 Å². The van der Waals surface area contributed by atoms with Gasteiger partial charge in [0.25, 0.3) is 17.4 Å². The zero-order valence-corrected chi connectivity index (χ0v) is 20.8. The lowest BCUT2D eigenvalue weighted by atomic mass is 10.0. The fourth-order valence-corrected chi connectivity index (χ4v) is 3.83. The highest BCUT2D eigenvalue weighted by molar-refractivity contribution is 5.99. The first-order chi connectivity index (χ1) is 18.5. The summed E-state index contributed by atoms with van der Waals surface area (Å²) in [6.45, 7) is 0. The van der Waals surface area contributed by atoms with Crippen LogP contribution in [0.15, 0.2) is 76.6 Å². The number of rotatable bonds is 9. The molecule has 3 N–H and O–H groups in total. The number of ether oxygens (including phenoxy) is 3. The SMILES string of the molecule is COc1cc(/C=N/NC(=O)[C@@H](NC(=O)c2ccccc2)c2n[nH]c(=O)c3ccccc23)cc(OC)c1OC. The number of fused-ring (bicyclic) bond motifs is 1. The van der Waals surface area contributed by atoms with Crippen LogP contribution >= 0.6 is 0 Å². The molecule has 1 aromatic heterocycles. The molecule has 0 spiro atoms. The lowest BCUT2D eigenvalue weighted by molar-refractivity contribution is -0.123. The van der Waals surface area contributed by atoms with Crippen molar-refractivity contribution in [3.05, 3.63) is 93.9 Å². The van der Waals surface area contributed by atoms with Crippen LogP contribution in [0.25, 0.3) is 10.8 Å². The maximum absolute atomic E-state index is 13.3. The van der Waals surface area contributed by atoms with Gasteiger partial charge in [-0.15, -0.1) is 0 Å². The van der Waals surface area contributed by atoms with E-state index in [1.54, 1.807) is 66.7 Å². The Kier molecular flexibility index (Phi) is 7.97. The highest BCUT2D eigenvalue weighted by atomic mass is 16.5. The number of benzene rings is 3. The topological polar surface area (TPSA) is 144 Å². The first-order valence-corrected chi connectivity index (χ1v) is 11.4. The number of hydrazone groups is 1. The maximum atomic E-state index is 13.3. The van der Waals surface area contributed by atoms with Crippen LogP contribution in [0.3, 0.4) is 0 Å². The van der Waals surface area contributed by atoms with Gasteiger partial charge in [0.2, 0.25) is 5.75 Å². The summed E-state index contributed by atoms with van der Waals surface area (Å²) < 4.78 is 16.0. The fourth-order valence-electron chi connectivity index (χ4n) is 3.83. The Morgan fingerprint density at radius 2 is 1.55 bits per heavy atom. The molecule has 0 aliphatic heterocycles. The van der Waals surface area contributed by atoms with Crippen LogP contribution in [0.1, 0.15) is 27.7 Å². The van der Waals surface area contributed by atoms with Crippen molar-refractivity contribution < 1.29 is 23.8 Å². The van der Waals surface area contributed by atoms with Crippen LogP contribution in [0.2, 0.25) is 0 Å². The second-order valence-electron chi connectivity index (χ2n) is 7.95. The van der Waals surface area contributed by atoms with Crippen LogP contribution in [0.5, 0.6) is 17.2 Å². The van der Waals surface area contributed by atoms with Gasteiger partial charge in [0, 0.05) is 16.5 Å². The van der Waals surface area contributed by atoms with Gasteiger partial charge in [-0.2, -0.15) is 10.2 Å². The highest BCUT2D eigenvalue weighted by Crippen LogP contribution is 2.37. The monoisotopic (exact) mass is 515 g/mol. The molecule has 0 aliphatic carbocycles. The summed E-state index contributed by atoms with van der Waals surface area (Å²) in [5.74, 6) is 0.0584. The fraction of sp³-hybridized carbons (Fsp3) is 0.148. The Morgan fingerprint density at radius 1 is 0.921 bits per heavy atom. The van der Waals surface area contributed by atoms with E-state index in [-0.39, 0.29) is 5.69 Å². The summed E-state index contributed by atoms with van der Waals surface area (Å²) in [6.07, 6.45) is 1.39. The molecular weight excluding hydrogens is 490 g/mol. The van der Waals surface area contributed by atoms with Gasteiger partial charge in [-0.05, 0) is 30.3 Å². The summed E-state index contributed by atoms with van der Waals surface area (Å²) in [6, 6.07) is 17.1. The average molecular weight is 516 g/mol. The predicted molar refractivity (Wildman–Crippen MR) is 141 cm³/mol. The van der Waals surface area contributed by atoms with Gasteiger partial charge in [0.15, 0.2) is 17.5 Å². The minimum Gasteiger partial charge on any atom is -0.493 e. The molecule has 0 bridgehead atoms. The van der Waals surface area contributed by atoms with Gasteiger partial charge in [-0.25, -0.2) is 10.5 Å². The quantitative estimate of drug-likeness (QED) is 0.230. The number of nitrogens with zero attached hydrogens (tertiary/aromatic N) is 2. The Bertz CT molecular complexity index is 1530. The highest BCUT2D eigenvalue weighted by Gasteiger charge is 2.27. The van der Waals surface area contributed by atoms with E-state index in [0.29, 0.717) is 39.1 Å². The van der Waals surface area contributed by atoms with Gasteiger partial charge < -0.3 is 19.5 Å². The van der Waals surface area contributed by atoms with E-state index in [1.165, 1.54) is 27.5 Å². The van der Waals surface area contributed by atoms with Crippen LogP contribution in [-0.2, 0) is 4.79 Å². The van der Waals surface area contributed by atoms with E-state index in [0.717, 1.165) is 0 Å². The van der Waals surface area contributed by atoms with Crippen molar-refractivity contribution in [2.75, 3.05) is 21.3 Å². The molecule has 11 heteroatoms. The van der Waals surface area contributed by atoms with Gasteiger partial charge in [-0.3, -0.25) is 14.4 Å². The number of hydrogen-bond acceptors (Lipinski definition) is 8. The Labute approximate surface area is 217 Å². The van der Waals surface area contributed by atoms with Crippen LogP contribution in [0, 0.1) is 0 Å². The maximum Gasteiger partial charge on any atom is 0.272 e. The van der Waals surface area contributed by atoms with Crippen LogP contribution in [0.4, 0.5) is 0 Å². The number of carbonyl (C=O) groups excluding carboxylic acids is 2. The average Bonchev–Trinajstić information content (AvgIpc) is 2.96. The first-order valence-electron chi connectivity index (χ1n) is 11.4. The molecule has 0 saturated carbocycles. The molecule has 38 heavy (non-hydrogen) atoms. The molecular formula is C27H25N5O6. The van der Waals surface area contributed by atoms with E-state index in [2.05, 4.69) is 26.0 Å². The third kappa shape index (κ3) is 5.46. The molecule has 0 saturated heterocycles. The molecule has 3 aromatic carbocycles. The molecule has 194 valence electrons. The van der Waals surface area contributed by atoms with Gasteiger partial charge in [0.05, 0.1) is 32.9 Å². The molecule has 1 atom stereocenters. The van der Waals surface area contributed by atoms with Crippen molar-refractivity contribution in [3.8, 4) is 17.2 Å². The van der Waals surface area contributed by atoms with E-state index in [1.807, 2.05) is 0 Å². The molecule has 0 fully saturated rings. The van der Waals surface area contributed by atoms with E-state index in [9.17, 15) is 14.4 Å². The lowest BCUT2D eigenvalue weighted by Gasteiger charge is -2.18. The molecule has 4 rings (SSSR count). The number of aromatic amines is 1. The molecule has 0 unspecified atom stereocenters. The largest absolute Gasteiger partial charge is 0.493 e. The Morgan fingerprint density at radius 3 is 2.18 bits per heavy atom. The zero-order chi connectivity index (χ0) is 27.1. The van der Waals surface area contributed by atoms with Crippen molar-refractivity contribution in [2.45, 2.75) is 6.04 Å². The first kappa shape index (κ1) is 25.9. The molecule has 2 amide bonds. The second kappa shape index (κ2) is 11.7. The van der Waals surface area contributed by atoms with Crippen molar-refractivity contribution in [3.63, 3.8) is 0 Å². The van der Waals surface area contributed by atoms with E-state index in [4.69, 9.17) is 14.2 Å². The van der Waals surface area contributed by atoms with E-state index < -0.39 is 23.4 Å². The summed E-state index contributed by atoms with van der Waals surface area (Å²) in [5.41, 5.74) is 3.08. The van der Waals surface area contributed by atoms with Gasteiger partial charge in [-0.1, -0.05) is 36.4 Å². The van der Waals surface area contributed by atoms with Crippen LogP contribution < -0.4 is 30.5 Å². The van der Waals surface area contributed by atoms with Crippen molar-refractivity contribution in [2.24, 2.45) is 5.10 Å². The van der Waals surface area contributed by atoms with E-state index >= 15 is 0 Å². The second-order valence-corrected chi connectivity index (χ2v) is 7.95. The lowest BCUT2D eigenvalue weighted by Crippen LogP contribution is -2.40. The summed E-state index contributed by atoms with van der Waals surface area (Å²) in [5, 5.41) is 14.0. The van der Waals surface area contributed by atoms with Gasteiger partial charge in [0.1, 0.15) is 5.69 Å². The van der Waals surface area contributed by atoms with Crippen molar-refractivity contribution in [1.82, 2.24) is 20.9 Å². The minimum absolute atomic E-state index is 0.157. The third-order valence-corrected chi connectivity index (χ3v) is 5.65. The Hall–Kier alpha value is -5.19. The molecule has 0 radical (unpaired) electrons.